The Morgan fingerprint density at radius 3 is 2.35 bits per heavy atom. The quantitative estimate of drug-likeness (QED) is 0.637. The molecule has 0 amide bonds. The number of nitrogens with two attached hydrogens (primary N) is 1. The van der Waals surface area contributed by atoms with Gasteiger partial charge in [-0.1, -0.05) is 30.3 Å². The molecular weight excluding hydrogens is 260 g/mol. The van der Waals surface area contributed by atoms with Crippen LogP contribution < -0.4 is 11.1 Å². The van der Waals surface area contributed by atoms with E-state index in [0.29, 0.717) is 6.42 Å². The first-order chi connectivity index (χ1) is 9.50. The highest BCUT2D eigenvalue weighted by molar-refractivity contribution is 5.74. The molecule has 6 heteroatoms. The summed E-state index contributed by atoms with van der Waals surface area (Å²) >= 11 is 0. The fourth-order valence-electron chi connectivity index (χ4n) is 1.85. The van der Waals surface area contributed by atoms with Gasteiger partial charge < -0.3 is 21.3 Å². The summed E-state index contributed by atoms with van der Waals surface area (Å²) in [7, 11) is 0. The van der Waals surface area contributed by atoms with Crippen molar-refractivity contribution in [3.63, 3.8) is 0 Å². The predicted octanol–water partition coefficient (Wildman–Crippen LogP) is 0.464. The van der Waals surface area contributed by atoms with Crippen LogP contribution in [0.3, 0.4) is 0 Å². The maximum absolute atomic E-state index is 10.4. The summed E-state index contributed by atoms with van der Waals surface area (Å²) in [5.74, 6) is -1.68. The molecule has 110 valence electrons. The summed E-state index contributed by atoms with van der Waals surface area (Å²) in [5, 5.41) is 19.7. The molecule has 20 heavy (non-hydrogen) atoms. The molecule has 0 radical (unpaired) electrons. The van der Waals surface area contributed by atoms with Gasteiger partial charge >= 0.3 is 11.9 Å². The number of aliphatic carboxylic acids is 2. The van der Waals surface area contributed by atoms with Crippen LogP contribution in [0, 0.1) is 0 Å². The molecule has 0 aromatic heterocycles. The molecule has 1 aliphatic heterocycles. The lowest BCUT2D eigenvalue weighted by Gasteiger charge is -2.04. The predicted molar refractivity (Wildman–Crippen MR) is 74.4 cm³/mol. The number of hydrogen-bond donors (Lipinski definition) is 4. The summed E-state index contributed by atoms with van der Waals surface area (Å²) in [5.41, 5.74) is 6.30. The third kappa shape index (κ3) is 5.81. The first kappa shape index (κ1) is 16.1. The van der Waals surface area contributed by atoms with E-state index in [1.165, 1.54) is 0 Å². The number of carboxylic acid groups (broad SMARTS) is 2. The lowest BCUT2D eigenvalue weighted by Crippen LogP contribution is -2.32. The van der Waals surface area contributed by atoms with E-state index in [2.05, 4.69) is 5.32 Å². The van der Waals surface area contributed by atoms with Crippen LogP contribution in [0.25, 0.3) is 0 Å². The van der Waals surface area contributed by atoms with Crippen LogP contribution in [-0.4, -0.2) is 40.8 Å². The van der Waals surface area contributed by atoms with Crippen molar-refractivity contribution in [2.75, 3.05) is 6.54 Å². The van der Waals surface area contributed by atoms with E-state index >= 15 is 0 Å². The topological polar surface area (TPSA) is 113 Å². The van der Waals surface area contributed by atoms with E-state index in [4.69, 9.17) is 15.9 Å². The maximum Gasteiger partial charge on any atom is 0.320 e. The molecule has 6 nitrogen and oxygen atoms in total. The second-order valence-corrected chi connectivity index (χ2v) is 4.62. The van der Waals surface area contributed by atoms with Gasteiger partial charge in [0.15, 0.2) is 0 Å². The normalized spacial score (nSPS) is 18.8. The number of carboxylic acids is 2. The van der Waals surface area contributed by atoms with Crippen LogP contribution in [0.15, 0.2) is 30.3 Å². The first-order valence-corrected chi connectivity index (χ1v) is 6.49. The van der Waals surface area contributed by atoms with Crippen molar-refractivity contribution in [3.8, 4) is 0 Å². The standard InChI is InChI=1S/C9H11NO2.C5H9NO2/c10-8(9(11)12)6-7-4-2-1-3-5-7;7-5(8)4-2-1-3-6-4/h1-5,8H,6,10H2,(H,11,12);4,6H,1-3H2,(H,7,8). The SMILES string of the molecule is NC(Cc1ccccc1)C(=O)O.O=C(O)C1CCCN1. The average Bonchev–Trinajstić information content (AvgIpc) is 2.94. The Bertz CT molecular complexity index is 430. The van der Waals surface area contributed by atoms with Crippen LogP contribution >= 0.6 is 0 Å². The van der Waals surface area contributed by atoms with E-state index in [1.807, 2.05) is 30.3 Å². The molecule has 2 rings (SSSR count). The van der Waals surface area contributed by atoms with Crippen LogP contribution in [-0.2, 0) is 16.0 Å². The summed E-state index contributed by atoms with van der Waals surface area (Å²) in [6.07, 6.45) is 2.17. The Kier molecular flexibility index (Phi) is 6.69. The molecule has 0 aliphatic carbocycles. The van der Waals surface area contributed by atoms with Crippen molar-refractivity contribution < 1.29 is 19.8 Å². The zero-order valence-electron chi connectivity index (χ0n) is 11.2. The highest BCUT2D eigenvalue weighted by Crippen LogP contribution is 2.03. The van der Waals surface area contributed by atoms with Crippen LogP contribution in [0.5, 0.6) is 0 Å². The monoisotopic (exact) mass is 280 g/mol. The molecule has 1 heterocycles. The van der Waals surface area contributed by atoms with Gasteiger partial charge in [0.25, 0.3) is 0 Å². The molecule has 0 saturated carbocycles. The van der Waals surface area contributed by atoms with Gasteiger partial charge in [-0.15, -0.1) is 0 Å². The van der Waals surface area contributed by atoms with Gasteiger partial charge in [0.1, 0.15) is 12.1 Å². The molecule has 1 aromatic rings. The van der Waals surface area contributed by atoms with Gasteiger partial charge in [0.2, 0.25) is 0 Å². The van der Waals surface area contributed by atoms with E-state index in [0.717, 1.165) is 24.9 Å². The number of benzene rings is 1. The van der Waals surface area contributed by atoms with Gasteiger partial charge in [-0.2, -0.15) is 0 Å². The van der Waals surface area contributed by atoms with E-state index < -0.39 is 18.0 Å². The Balaban J connectivity index is 0.000000217. The van der Waals surface area contributed by atoms with Gasteiger partial charge in [0.05, 0.1) is 0 Å². The molecule has 5 N–H and O–H groups in total. The Morgan fingerprint density at radius 2 is 1.95 bits per heavy atom. The van der Waals surface area contributed by atoms with E-state index in [-0.39, 0.29) is 6.04 Å². The van der Waals surface area contributed by atoms with Crippen LogP contribution in [0.2, 0.25) is 0 Å². The van der Waals surface area contributed by atoms with Crippen molar-refractivity contribution in [2.45, 2.75) is 31.3 Å². The molecule has 2 atom stereocenters. The minimum absolute atomic E-state index is 0.269. The highest BCUT2D eigenvalue weighted by Gasteiger charge is 2.20. The number of carbonyl (C=O) groups is 2. The summed E-state index contributed by atoms with van der Waals surface area (Å²) in [4.78, 5) is 20.5. The second-order valence-electron chi connectivity index (χ2n) is 4.62. The lowest BCUT2D eigenvalue weighted by atomic mass is 10.1. The molecular formula is C14H20N2O4. The smallest absolute Gasteiger partial charge is 0.320 e. The molecule has 2 unspecified atom stereocenters. The van der Waals surface area contributed by atoms with Crippen LogP contribution in [0.1, 0.15) is 18.4 Å². The molecule has 0 spiro atoms. The third-order valence-corrected chi connectivity index (χ3v) is 2.97. The van der Waals surface area contributed by atoms with E-state index in [1.54, 1.807) is 0 Å². The molecule has 1 aromatic carbocycles. The summed E-state index contributed by atoms with van der Waals surface area (Å²) < 4.78 is 0. The molecule has 1 aliphatic rings. The zero-order valence-corrected chi connectivity index (χ0v) is 11.2. The van der Waals surface area contributed by atoms with Crippen molar-refractivity contribution in [3.05, 3.63) is 35.9 Å². The van der Waals surface area contributed by atoms with Gasteiger partial charge in [-0.05, 0) is 31.4 Å². The van der Waals surface area contributed by atoms with Crippen molar-refractivity contribution in [2.24, 2.45) is 5.73 Å². The summed E-state index contributed by atoms with van der Waals surface area (Å²) in [6, 6.07) is 8.28. The number of hydrogen-bond acceptors (Lipinski definition) is 4. The minimum atomic E-state index is -0.959. The molecule has 1 fully saturated rings. The van der Waals surface area contributed by atoms with E-state index in [9.17, 15) is 9.59 Å². The van der Waals surface area contributed by atoms with Gasteiger partial charge in [-0.25, -0.2) is 0 Å². The molecule has 0 bridgehead atoms. The Labute approximate surface area is 117 Å². The Hall–Kier alpha value is -1.92. The van der Waals surface area contributed by atoms with Crippen molar-refractivity contribution in [1.82, 2.24) is 5.32 Å². The maximum atomic E-state index is 10.4. The minimum Gasteiger partial charge on any atom is -0.480 e. The fraction of sp³-hybridized carbons (Fsp3) is 0.429. The lowest BCUT2D eigenvalue weighted by molar-refractivity contribution is -0.139. The second kappa shape index (κ2) is 8.29. The average molecular weight is 280 g/mol. The Morgan fingerprint density at radius 1 is 1.30 bits per heavy atom. The zero-order chi connectivity index (χ0) is 15.0. The van der Waals surface area contributed by atoms with Gasteiger partial charge in [-0.3, -0.25) is 9.59 Å². The van der Waals surface area contributed by atoms with Gasteiger partial charge in [0, 0.05) is 0 Å². The largest absolute Gasteiger partial charge is 0.480 e. The summed E-state index contributed by atoms with van der Waals surface area (Å²) in [6.45, 7) is 0.858. The molecule has 1 saturated heterocycles. The number of nitrogens with one attached hydrogen (secondary N) is 1. The van der Waals surface area contributed by atoms with Crippen LogP contribution in [0.4, 0.5) is 0 Å². The fourth-order valence-corrected chi connectivity index (χ4v) is 1.85. The van der Waals surface area contributed by atoms with Crippen molar-refractivity contribution >= 4 is 11.9 Å². The number of rotatable bonds is 4. The first-order valence-electron chi connectivity index (χ1n) is 6.49. The highest BCUT2D eigenvalue weighted by atomic mass is 16.4. The van der Waals surface area contributed by atoms with Crippen molar-refractivity contribution in [1.29, 1.82) is 0 Å². The third-order valence-electron chi connectivity index (χ3n) is 2.97.